The molecule has 0 aliphatic heterocycles. The fourth-order valence-electron chi connectivity index (χ4n) is 2.20. The molecule has 1 N–H and O–H groups in total. The van der Waals surface area contributed by atoms with E-state index in [9.17, 15) is 5.11 Å². The molecule has 1 nitrogen and oxygen atoms in total. The third-order valence-corrected chi connectivity index (χ3v) is 3.33. The first-order valence-electron chi connectivity index (χ1n) is 5.08. The number of benzene rings is 1. The van der Waals surface area contributed by atoms with Gasteiger partial charge in [0.15, 0.2) is 0 Å². The van der Waals surface area contributed by atoms with E-state index in [0.29, 0.717) is 0 Å². The monoisotopic (exact) mass is 188 g/mol. The van der Waals surface area contributed by atoms with Crippen molar-refractivity contribution < 1.29 is 5.11 Å². The van der Waals surface area contributed by atoms with Crippen molar-refractivity contribution in [3.05, 3.63) is 48.0 Å². The number of hydrogen-bond acceptors (Lipinski definition) is 1. The highest BCUT2D eigenvalue weighted by Crippen LogP contribution is 2.49. The van der Waals surface area contributed by atoms with Crippen LogP contribution in [0, 0.1) is 0 Å². The van der Waals surface area contributed by atoms with Crippen molar-refractivity contribution in [2.45, 2.75) is 31.3 Å². The predicted octanol–water partition coefficient (Wildman–Crippen LogP) is 2.87. The summed E-state index contributed by atoms with van der Waals surface area (Å²) in [5.74, 6) is 0.251. The highest BCUT2D eigenvalue weighted by atomic mass is 16.3. The lowest BCUT2D eigenvalue weighted by atomic mass is 9.63. The summed E-state index contributed by atoms with van der Waals surface area (Å²) in [6, 6.07) is 10.2. The van der Waals surface area contributed by atoms with E-state index in [0.717, 1.165) is 18.4 Å². The Bertz CT molecular complexity index is 342. The summed E-state index contributed by atoms with van der Waals surface area (Å²) in [6.07, 6.45) is 1.91. The van der Waals surface area contributed by atoms with E-state index in [1.165, 1.54) is 5.56 Å². The minimum atomic E-state index is -0.651. The van der Waals surface area contributed by atoms with Crippen molar-refractivity contribution >= 4 is 0 Å². The smallest absolute Gasteiger partial charge is 0.0919 e. The van der Waals surface area contributed by atoms with Gasteiger partial charge in [0.2, 0.25) is 0 Å². The van der Waals surface area contributed by atoms with Gasteiger partial charge in [-0.15, -0.1) is 0 Å². The Morgan fingerprint density at radius 1 is 1.43 bits per heavy atom. The molecule has 1 aliphatic carbocycles. The third kappa shape index (κ3) is 1.28. The first-order valence-corrected chi connectivity index (χ1v) is 5.08. The molecule has 74 valence electrons. The molecule has 2 atom stereocenters. The van der Waals surface area contributed by atoms with E-state index >= 15 is 0 Å². The Hall–Kier alpha value is -1.08. The summed E-state index contributed by atoms with van der Waals surface area (Å²) in [5, 5.41) is 10.3. The van der Waals surface area contributed by atoms with Gasteiger partial charge in [0.05, 0.1) is 5.60 Å². The SMILES string of the molecule is C=C(C)[C@@]1(O)CC[C@@H]1c1ccccc1. The van der Waals surface area contributed by atoms with Crippen LogP contribution in [0.25, 0.3) is 0 Å². The molecule has 0 heterocycles. The second kappa shape index (κ2) is 3.25. The molecule has 1 aliphatic rings. The topological polar surface area (TPSA) is 20.2 Å². The second-order valence-electron chi connectivity index (χ2n) is 4.21. The number of aliphatic hydroxyl groups is 1. The molecule has 1 fully saturated rings. The van der Waals surface area contributed by atoms with Gasteiger partial charge in [0.1, 0.15) is 0 Å². The lowest BCUT2D eigenvalue weighted by Gasteiger charge is -2.46. The van der Waals surface area contributed by atoms with Gasteiger partial charge in [-0.1, -0.05) is 36.9 Å². The molecule has 0 bridgehead atoms. The predicted molar refractivity (Wildman–Crippen MR) is 58.2 cm³/mol. The van der Waals surface area contributed by atoms with Crippen LogP contribution in [0.5, 0.6) is 0 Å². The van der Waals surface area contributed by atoms with Crippen LogP contribution in [0.15, 0.2) is 42.5 Å². The molecular weight excluding hydrogens is 172 g/mol. The van der Waals surface area contributed by atoms with Crippen LogP contribution in [-0.4, -0.2) is 10.7 Å². The van der Waals surface area contributed by atoms with Gasteiger partial charge >= 0.3 is 0 Å². The minimum Gasteiger partial charge on any atom is -0.385 e. The lowest BCUT2D eigenvalue weighted by Crippen LogP contribution is -2.45. The summed E-state index contributed by atoms with van der Waals surface area (Å²) >= 11 is 0. The summed E-state index contributed by atoms with van der Waals surface area (Å²) in [6.45, 7) is 5.79. The van der Waals surface area contributed by atoms with Gasteiger partial charge in [0.25, 0.3) is 0 Å². The average molecular weight is 188 g/mol. The normalized spacial score (nSPS) is 30.9. The van der Waals surface area contributed by atoms with E-state index in [2.05, 4.69) is 18.7 Å². The van der Waals surface area contributed by atoms with Crippen LogP contribution in [-0.2, 0) is 0 Å². The second-order valence-corrected chi connectivity index (χ2v) is 4.21. The van der Waals surface area contributed by atoms with Gasteiger partial charge in [-0.2, -0.15) is 0 Å². The van der Waals surface area contributed by atoms with Crippen LogP contribution in [0.2, 0.25) is 0 Å². The Kier molecular flexibility index (Phi) is 2.20. The van der Waals surface area contributed by atoms with Gasteiger partial charge < -0.3 is 5.11 Å². The Balaban J connectivity index is 2.26. The number of rotatable bonds is 2. The highest BCUT2D eigenvalue weighted by molar-refractivity contribution is 5.32. The molecule has 0 radical (unpaired) electrons. The fraction of sp³-hybridized carbons (Fsp3) is 0.385. The van der Waals surface area contributed by atoms with Crippen molar-refractivity contribution in [3.8, 4) is 0 Å². The molecule has 1 heteroatoms. The Labute approximate surface area is 85.1 Å². The largest absolute Gasteiger partial charge is 0.385 e. The van der Waals surface area contributed by atoms with E-state index in [-0.39, 0.29) is 5.92 Å². The maximum atomic E-state index is 10.3. The van der Waals surface area contributed by atoms with Crippen molar-refractivity contribution in [1.29, 1.82) is 0 Å². The Morgan fingerprint density at radius 3 is 2.50 bits per heavy atom. The Morgan fingerprint density at radius 2 is 2.07 bits per heavy atom. The summed E-state index contributed by atoms with van der Waals surface area (Å²) in [4.78, 5) is 0. The molecule has 1 saturated carbocycles. The molecule has 0 unspecified atom stereocenters. The molecule has 2 rings (SSSR count). The molecule has 1 aromatic rings. The van der Waals surface area contributed by atoms with Gasteiger partial charge in [-0.25, -0.2) is 0 Å². The summed E-state index contributed by atoms with van der Waals surface area (Å²) in [7, 11) is 0. The summed E-state index contributed by atoms with van der Waals surface area (Å²) in [5.41, 5.74) is 1.46. The first-order chi connectivity index (χ1) is 6.64. The van der Waals surface area contributed by atoms with Crippen molar-refractivity contribution in [2.24, 2.45) is 0 Å². The molecular formula is C13H16O. The van der Waals surface area contributed by atoms with E-state index in [1.54, 1.807) is 0 Å². The van der Waals surface area contributed by atoms with Crippen molar-refractivity contribution in [2.75, 3.05) is 0 Å². The van der Waals surface area contributed by atoms with Gasteiger partial charge in [-0.05, 0) is 30.9 Å². The highest BCUT2D eigenvalue weighted by Gasteiger charge is 2.46. The maximum Gasteiger partial charge on any atom is 0.0919 e. The quantitative estimate of drug-likeness (QED) is 0.707. The molecule has 14 heavy (non-hydrogen) atoms. The third-order valence-electron chi connectivity index (χ3n) is 3.33. The van der Waals surface area contributed by atoms with Crippen LogP contribution >= 0.6 is 0 Å². The molecule has 0 aromatic heterocycles. The van der Waals surface area contributed by atoms with Crippen LogP contribution in [0.3, 0.4) is 0 Å². The lowest BCUT2D eigenvalue weighted by molar-refractivity contribution is -0.0232. The fourth-order valence-corrected chi connectivity index (χ4v) is 2.20. The van der Waals surface area contributed by atoms with Crippen LogP contribution in [0.4, 0.5) is 0 Å². The molecule has 0 spiro atoms. The molecule has 0 amide bonds. The maximum absolute atomic E-state index is 10.3. The van der Waals surface area contributed by atoms with Gasteiger partial charge in [-0.3, -0.25) is 0 Å². The zero-order valence-corrected chi connectivity index (χ0v) is 8.53. The van der Waals surface area contributed by atoms with Crippen molar-refractivity contribution in [1.82, 2.24) is 0 Å². The molecule has 0 saturated heterocycles. The van der Waals surface area contributed by atoms with E-state index in [4.69, 9.17) is 0 Å². The average Bonchev–Trinajstić information content (AvgIpc) is 2.16. The van der Waals surface area contributed by atoms with Crippen molar-refractivity contribution in [3.63, 3.8) is 0 Å². The standard InChI is InChI=1S/C13H16O/c1-10(2)13(14)9-8-12(13)11-6-4-3-5-7-11/h3-7,12,14H,1,8-9H2,2H3/t12-,13+/m1/s1. The minimum absolute atomic E-state index is 0.251. The zero-order valence-electron chi connectivity index (χ0n) is 8.53. The van der Waals surface area contributed by atoms with Gasteiger partial charge in [0, 0.05) is 5.92 Å². The van der Waals surface area contributed by atoms with Crippen LogP contribution in [0.1, 0.15) is 31.2 Å². The van der Waals surface area contributed by atoms with E-state index in [1.807, 2.05) is 25.1 Å². The number of hydrogen-bond donors (Lipinski definition) is 1. The zero-order chi connectivity index (χ0) is 10.2. The van der Waals surface area contributed by atoms with E-state index < -0.39 is 5.60 Å². The first kappa shape index (κ1) is 9.47. The molecule has 1 aromatic carbocycles. The summed E-state index contributed by atoms with van der Waals surface area (Å²) < 4.78 is 0. The van der Waals surface area contributed by atoms with Crippen LogP contribution < -0.4 is 0 Å².